The second-order valence-electron chi connectivity index (χ2n) is 4.49. The summed E-state index contributed by atoms with van der Waals surface area (Å²) < 4.78 is 20.2. The molecular weight excluding hydrogens is 321 g/mol. The molecule has 2 rings (SSSR count). The Labute approximate surface area is 127 Å². The van der Waals surface area contributed by atoms with Gasteiger partial charge in [0, 0.05) is 11.6 Å². The molecule has 0 saturated carbocycles. The lowest BCUT2D eigenvalue weighted by Gasteiger charge is -2.18. The molecule has 4 heteroatoms. The topological polar surface area (TPSA) is 21.3 Å². The van der Waals surface area contributed by atoms with Crippen LogP contribution in [0, 0.1) is 5.82 Å². The number of para-hydroxylation sites is 1. The van der Waals surface area contributed by atoms with Crippen molar-refractivity contribution in [3.63, 3.8) is 0 Å². The van der Waals surface area contributed by atoms with Gasteiger partial charge >= 0.3 is 0 Å². The van der Waals surface area contributed by atoms with Crippen molar-refractivity contribution in [1.29, 1.82) is 0 Å². The molecule has 0 radical (unpaired) electrons. The normalized spacial score (nSPS) is 12.2. The zero-order valence-electron chi connectivity index (χ0n) is 11.5. The molecule has 1 N–H and O–H groups in total. The quantitative estimate of drug-likeness (QED) is 0.824. The van der Waals surface area contributed by atoms with Crippen LogP contribution in [-0.2, 0) is 0 Å². The largest absolute Gasteiger partial charge is 0.456 e. The lowest BCUT2D eigenvalue weighted by Crippen LogP contribution is -2.18. The molecule has 0 fully saturated rings. The highest BCUT2D eigenvalue weighted by Crippen LogP contribution is 2.33. The van der Waals surface area contributed by atoms with E-state index < -0.39 is 0 Å². The highest BCUT2D eigenvalue weighted by Gasteiger charge is 2.13. The van der Waals surface area contributed by atoms with Crippen molar-refractivity contribution in [1.82, 2.24) is 5.32 Å². The third kappa shape index (κ3) is 3.58. The van der Waals surface area contributed by atoms with E-state index in [1.165, 1.54) is 12.1 Å². The van der Waals surface area contributed by atoms with Gasteiger partial charge in [-0.2, -0.15) is 0 Å². The Balaban J connectivity index is 2.34. The lowest BCUT2D eigenvalue weighted by atomic mass is 10.1. The highest BCUT2D eigenvalue weighted by molar-refractivity contribution is 9.10. The second kappa shape index (κ2) is 6.86. The number of ether oxygens (including phenoxy) is 1. The van der Waals surface area contributed by atoms with Crippen molar-refractivity contribution in [3.8, 4) is 11.5 Å². The molecule has 1 atom stereocenters. The zero-order valence-corrected chi connectivity index (χ0v) is 13.1. The predicted octanol–water partition coefficient (Wildman–Crippen LogP) is 5.05. The molecule has 20 heavy (non-hydrogen) atoms. The first-order valence-electron chi connectivity index (χ1n) is 6.57. The molecule has 2 nitrogen and oxygen atoms in total. The Morgan fingerprint density at radius 3 is 2.65 bits per heavy atom. The van der Waals surface area contributed by atoms with Gasteiger partial charge in [0.15, 0.2) is 0 Å². The Bertz CT molecular complexity index is 588. The molecule has 1 unspecified atom stereocenters. The third-order valence-electron chi connectivity index (χ3n) is 3.01. The Morgan fingerprint density at radius 1 is 1.20 bits per heavy atom. The molecular formula is C16H17BrFNO. The van der Waals surface area contributed by atoms with Gasteiger partial charge in [0.05, 0.1) is 4.47 Å². The molecule has 0 aliphatic carbocycles. The zero-order chi connectivity index (χ0) is 14.5. The van der Waals surface area contributed by atoms with Crippen LogP contribution in [0.4, 0.5) is 4.39 Å². The molecule has 0 aliphatic heterocycles. The fraction of sp³-hybridized carbons (Fsp3) is 0.250. The standard InChI is InChI=1S/C16H17BrFNO/c1-3-19-11(2)13-10-12(18)8-9-15(13)20-16-7-5-4-6-14(16)17/h4-11,19H,3H2,1-2H3. The first-order valence-corrected chi connectivity index (χ1v) is 7.36. The van der Waals surface area contributed by atoms with Gasteiger partial charge in [0.2, 0.25) is 0 Å². The van der Waals surface area contributed by atoms with Crippen LogP contribution < -0.4 is 10.1 Å². The number of nitrogens with one attached hydrogen (secondary N) is 1. The van der Waals surface area contributed by atoms with Gasteiger partial charge < -0.3 is 10.1 Å². The van der Waals surface area contributed by atoms with Crippen molar-refractivity contribution >= 4 is 15.9 Å². The first-order chi connectivity index (χ1) is 9.61. The maximum atomic E-state index is 13.5. The first kappa shape index (κ1) is 15.0. The van der Waals surface area contributed by atoms with Crippen LogP contribution in [0.15, 0.2) is 46.9 Å². The van der Waals surface area contributed by atoms with E-state index in [-0.39, 0.29) is 11.9 Å². The third-order valence-corrected chi connectivity index (χ3v) is 3.66. The van der Waals surface area contributed by atoms with E-state index in [0.29, 0.717) is 11.5 Å². The SMILES string of the molecule is CCNC(C)c1cc(F)ccc1Oc1ccccc1Br. The summed E-state index contributed by atoms with van der Waals surface area (Å²) in [7, 11) is 0. The van der Waals surface area contributed by atoms with Crippen LogP contribution in [0.2, 0.25) is 0 Å². The van der Waals surface area contributed by atoms with Crippen LogP contribution >= 0.6 is 15.9 Å². The summed E-state index contributed by atoms with van der Waals surface area (Å²) in [5.74, 6) is 1.11. The van der Waals surface area contributed by atoms with Crippen molar-refractivity contribution in [2.75, 3.05) is 6.54 Å². The average molecular weight is 338 g/mol. The maximum absolute atomic E-state index is 13.5. The second-order valence-corrected chi connectivity index (χ2v) is 5.35. The molecule has 0 bridgehead atoms. The molecule has 0 saturated heterocycles. The highest BCUT2D eigenvalue weighted by atomic mass is 79.9. The van der Waals surface area contributed by atoms with E-state index in [9.17, 15) is 4.39 Å². The maximum Gasteiger partial charge on any atom is 0.141 e. The van der Waals surface area contributed by atoms with E-state index in [1.807, 2.05) is 38.1 Å². The van der Waals surface area contributed by atoms with Crippen molar-refractivity contribution < 1.29 is 9.13 Å². The summed E-state index contributed by atoms with van der Waals surface area (Å²) in [6.45, 7) is 4.82. The molecule has 2 aromatic carbocycles. The average Bonchev–Trinajstić information content (AvgIpc) is 2.43. The predicted molar refractivity (Wildman–Crippen MR) is 82.7 cm³/mol. The Morgan fingerprint density at radius 2 is 1.95 bits per heavy atom. The minimum Gasteiger partial charge on any atom is -0.456 e. The van der Waals surface area contributed by atoms with Gasteiger partial charge in [-0.15, -0.1) is 0 Å². The Hall–Kier alpha value is -1.39. The fourth-order valence-corrected chi connectivity index (χ4v) is 2.38. The van der Waals surface area contributed by atoms with Gasteiger partial charge in [-0.1, -0.05) is 19.1 Å². The minimum absolute atomic E-state index is 0.0215. The fourth-order valence-electron chi connectivity index (χ4n) is 2.01. The molecule has 106 valence electrons. The van der Waals surface area contributed by atoms with Gasteiger partial charge in [-0.25, -0.2) is 4.39 Å². The number of hydrogen-bond acceptors (Lipinski definition) is 2. The van der Waals surface area contributed by atoms with Gasteiger partial charge in [0.25, 0.3) is 0 Å². The van der Waals surface area contributed by atoms with E-state index in [1.54, 1.807) is 6.07 Å². The lowest BCUT2D eigenvalue weighted by molar-refractivity contribution is 0.457. The molecule has 0 spiro atoms. The van der Waals surface area contributed by atoms with Crippen LogP contribution in [0.3, 0.4) is 0 Å². The monoisotopic (exact) mass is 337 g/mol. The summed E-state index contributed by atoms with van der Waals surface area (Å²) in [6, 6.07) is 12.2. The Kier molecular flexibility index (Phi) is 5.15. The molecule has 2 aromatic rings. The molecule has 0 aliphatic rings. The minimum atomic E-state index is -0.260. The number of halogens is 2. The van der Waals surface area contributed by atoms with Crippen molar-refractivity contribution in [2.24, 2.45) is 0 Å². The van der Waals surface area contributed by atoms with Crippen LogP contribution in [0.1, 0.15) is 25.5 Å². The van der Waals surface area contributed by atoms with Gasteiger partial charge in [-0.3, -0.25) is 0 Å². The smallest absolute Gasteiger partial charge is 0.141 e. The van der Waals surface area contributed by atoms with Crippen LogP contribution in [0.5, 0.6) is 11.5 Å². The number of benzene rings is 2. The molecule has 0 amide bonds. The summed E-state index contributed by atoms with van der Waals surface area (Å²) in [4.78, 5) is 0. The summed E-state index contributed by atoms with van der Waals surface area (Å²) in [6.07, 6.45) is 0. The number of hydrogen-bond donors (Lipinski definition) is 1. The molecule has 0 heterocycles. The van der Waals surface area contributed by atoms with E-state index in [4.69, 9.17) is 4.74 Å². The van der Waals surface area contributed by atoms with Crippen molar-refractivity contribution in [2.45, 2.75) is 19.9 Å². The van der Waals surface area contributed by atoms with E-state index in [2.05, 4.69) is 21.2 Å². The van der Waals surface area contributed by atoms with Crippen LogP contribution in [-0.4, -0.2) is 6.54 Å². The summed E-state index contributed by atoms with van der Waals surface area (Å²) in [5, 5.41) is 3.27. The van der Waals surface area contributed by atoms with Crippen molar-refractivity contribution in [3.05, 3.63) is 58.3 Å². The molecule has 0 aromatic heterocycles. The number of rotatable bonds is 5. The van der Waals surface area contributed by atoms with Crippen LogP contribution in [0.25, 0.3) is 0 Å². The summed E-state index contributed by atoms with van der Waals surface area (Å²) in [5.41, 5.74) is 0.808. The van der Waals surface area contributed by atoms with E-state index >= 15 is 0 Å². The van der Waals surface area contributed by atoms with Gasteiger partial charge in [0.1, 0.15) is 17.3 Å². The van der Waals surface area contributed by atoms with E-state index in [0.717, 1.165) is 16.6 Å². The summed E-state index contributed by atoms with van der Waals surface area (Å²) >= 11 is 3.45. The van der Waals surface area contributed by atoms with Gasteiger partial charge in [-0.05, 0) is 59.7 Å².